The fourth-order valence-corrected chi connectivity index (χ4v) is 6.39. The predicted octanol–water partition coefficient (Wildman–Crippen LogP) is 11.2. The van der Waals surface area contributed by atoms with Crippen LogP contribution in [-0.2, 0) is 5.41 Å². The van der Waals surface area contributed by atoms with E-state index in [1.165, 1.54) is 17.7 Å². The van der Waals surface area contributed by atoms with Crippen LogP contribution in [0.3, 0.4) is 0 Å². The number of rotatable bonds is 5. The molecule has 2 aromatic heterocycles. The van der Waals surface area contributed by atoms with Gasteiger partial charge in [-0.15, -0.1) is 0 Å². The van der Waals surface area contributed by atoms with E-state index in [9.17, 15) is 8.78 Å². The van der Waals surface area contributed by atoms with Crippen LogP contribution in [0.1, 0.15) is 26.3 Å². The maximum atomic E-state index is 14.6. The van der Waals surface area contributed by atoms with Gasteiger partial charge in [0.1, 0.15) is 0 Å². The minimum Gasteiger partial charge on any atom is -0.308 e. The van der Waals surface area contributed by atoms with Gasteiger partial charge >= 0.3 is 0 Å². The molecule has 4 nitrogen and oxygen atoms in total. The van der Waals surface area contributed by atoms with E-state index in [-0.39, 0.29) is 5.41 Å². The average molecular weight is 643 g/mol. The fourth-order valence-electron chi connectivity index (χ4n) is 6.39. The molecule has 0 aliphatic rings. The molecule has 0 unspecified atom stereocenters. The van der Waals surface area contributed by atoms with Gasteiger partial charge in [-0.25, -0.2) is 23.7 Å². The quantitative estimate of drug-likeness (QED) is 0.188. The van der Waals surface area contributed by atoms with Crippen LogP contribution < -0.4 is 0 Å². The van der Waals surface area contributed by atoms with Gasteiger partial charge in [0.2, 0.25) is 0 Å². The van der Waals surface area contributed by atoms with Gasteiger partial charge in [0, 0.05) is 27.5 Å². The van der Waals surface area contributed by atoms with E-state index in [1.807, 2.05) is 91.0 Å². The van der Waals surface area contributed by atoms with Gasteiger partial charge in [0.15, 0.2) is 29.1 Å². The van der Waals surface area contributed by atoms with Gasteiger partial charge in [-0.3, -0.25) is 0 Å². The van der Waals surface area contributed by atoms with E-state index in [1.54, 1.807) is 6.07 Å². The van der Waals surface area contributed by atoms with Crippen molar-refractivity contribution in [2.24, 2.45) is 0 Å². The number of hydrogen-bond acceptors (Lipinski definition) is 3. The number of fused-ring (bicyclic) bond motifs is 3. The van der Waals surface area contributed by atoms with Crippen molar-refractivity contribution in [3.63, 3.8) is 0 Å². The first-order valence-corrected chi connectivity index (χ1v) is 16.3. The maximum Gasteiger partial charge on any atom is 0.166 e. The van der Waals surface area contributed by atoms with Crippen molar-refractivity contribution < 1.29 is 8.78 Å². The second-order valence-electron chi connectivity index (χ2n) is 13.2. The van der Waals surface area contributed by atoms with Crippen LogP contribution in [0.15, 0.2) is 140 Å². The Bertz CT molecular complexity index is 2440. The lowest BCUT2D eigenvalue weighted by molar-refractivity contribution is 0.509. The number of nitrogens with zero attached hydrogens (tertiary/aromatic N) is 4. The minimum atomic E-state index is -0.896. The molecule has 6 aromatic carbocycles. The van der Waals surface area contributed by atoms with Crippen LogP contribution in [0.2, 0.25) is 0 Å². The minimum absolute atomic E-state index is 0.0881. The highest BCUT2D eigenvalue weighted by molar-refractivity contribution is 6.10. The predicted molar refractivity (Wildman–Crippen MR) is 195 cm³/mol. The third kappa shape index (κ3) is 5.55. The van der Waals surface area contributed by atoms with E-state index in [4.69, 9.17) is 15.0 Å². The van der Waals surface area contributed by atoms with Crippen molar-refractivity contribution >= 4 is 21.8 Å². The van der Waals surface area contributed by atoms with Crippen LogP contribution in [-0.4, -0.2) is 19.5 Å². The Morgan fingerprint density at radius 3 is 1.69 bits per heavy atom. The van der Waals surface area contributed by atoms with Crippen LogP contribution >= 0.6 is 0 Å². The molecule has 0 saturated carbocycles. The summed E-state index contributed by atoms with van der Waals surface area (Å²) in [5, 5.41) is 2.21. The number of hydrogen-bond donors (Lipinski definition) is 0. The molecule has 0 bridgehead atoms. The second-order valence-corrected chi connectivity index (χ2v) is 13.2. The SMILES string of the molecule is CC(C)(C)c1ccc2c3ccccc3n(-c3cc(-c4ccc(F)c(F)c4)ccc3-c3nc(-c4ccccc4)nc(-c4ccccc4)n3)c2c1. The Morgan fingerprint density at radius 1 is 0.469 bits per heavy atom. The molecule has 0 N–H and O–H groups in total. The topological polar surface area (TPSA) is 43.6 Å². The highest BCUT2D eigenvalue weighted by Gasteiger charge is 2.22. The van der Waals surface area contributed by atoms with E-state index >= 15 is 0 Å². The van der Waals surface area contributed by atoms with Gasteiger partial charge < -0.3 is 4.57 Å². The lowest BCUT2D eigenvalue weighted by Crippen LogP contribution is -2.11. The molecule has 8 rings (SSSR count). The summed E-state index contributed by atoms with van der Waals surface area (Å²) in [6.45, 7) is 6.62. The average Bonchev–Trinajstić information content (AvgIpc) is 3.46. The Kier molecular flexibility index (Phi) is 7.37. The fraction of sp³-hybridized carbons (Fsp3) is 0.0930. The molecule has 8 aromatic rings. The first-order chi connectivity index (χ1) is 23.7. The van der Waals surface area contributed by atoms with E-state index in [2.05, 4.69) is 55.7 Å². The van der Waals surface area contributed by atoms with Crippen LogP contribution in [0.4, 0.5) is 8.78 Å². The van der Waals surface area contributed by atoms with E-state index in [0.29, 0.717) is 23.0 Å². The smallest absolute Gasteiger partial charge is 0.166 e. The molecule has 0 radical (unpaired) electrons. The number of halogens is 2. The molecule has 0 fully saturated rings. The maximum absolute atomic E-state index is 14.6. The Labute approximate surface area is 283 Å². The highest BCUT2D eigenvalue weighted by Crippen LogP contribution is 2.39. The zero-order valence-corrected chi connectivity index (χ0v) is 27.3. The monoisotopic (exact) mass is 642 g/mol. The van der Waals surface area contributed by atoms with E-state index in [0.717, 1.165) is 49.7 Å². The summed E-state index contributed by atoms with van der Waals surface area (Å²) in [5.41, 5.74) is 7.76. The zero-order chi connectivity index (χ0) is 33.7. The standard InChI is InChI=1S/C43H32F2N4/c1-43(2,3)31-20-22-33-32-16-10-11-17-37(32)49(39(33)26-31)38-25-30(29-19-23-35(44)36(45)24-29)18-21-34(38)42-47-40(27-12-6-4-7-13-27)46-41(48-42)28-14-8-5-9-15-28/h4-26H,1-3H3. The summed E-state index contributed by atoms with van der Waals surface area (Å²) in [7, 11) is 0. The number of benzene rings is 6. The number of para-hydroxylation sites is 1. The first-order valence-electron chi connectivity index (χ1n) is 16.3. The second kappa shape index (κ2) is 11.9. The lowest BCUT2D eigenvalue weighted by atomic mass is 9.86. The summed E-state index contributed by atoms with van der Waals surface area (Å²) in [6, 6.07) is 44.6. The first kappa shape index (κ1) is 30.3. The summed E-state index contributed by atoms with van der Waals surface area (Å²) in [4.78, 5) is 15.0. The third-order valence-electron chi connectivity index (χ3n) is 8.97. The van der Waals surface area contributed by atoms with Crippen LogP contribution in [0, 0.1) is 11.6 Å². The molecule has 0 atom stereocenters. The Balaban J connectivity index is 1.47. The van der Waals surface area contributed by atoms with Gasteiger partial charge in [-0.2, -0.15) is 0 Å². The van der Waals surface area contributed by atoms with Crippen molar-refractivity contribution in [1.82, 2.24) is 19.5 Å². The van der Waals surface area contributed by atoms with E-state index < -0.39 is 11.6 Å². The normalized spacial score (nSPS) is 11.8. The van der Waals surface area contributed by atoms with Crippen LogP contribution in [0.25, 0.3) is 72.8 Å². The highest BCUT2D eigenvalue weighted by atomic mass is 19.2. The van der Waals surface area contributed by atoms with Gasteiger partial charge in [-0.1, -0.05) is 124 Å². The molecule has 2 heterocycles. The molecule has 0 saturated heterocycles. The van der Waals surface area contributed by atoms with Crippen molar-refractivity contribution in [3.05, 3.63) is 157 Å². The molecular weight excluding hydrogens is 610 g/mol. The summed E-state index contributed by atoms with van der Waals surface area (Å²) < 4.78 is 30.8. The molecule has 238 valence electrons. The molecular formula is C43H32F2N4. The molecule has 0 spiro atoms. The Morgan fingerprint density at radius 2 is 1.04 bits per heavy atom. The summed E-state index contributed by atoms with van der Waals surface area (Å²) in [6.07, 6.45) is 0. The molecule has 0 aliphatic heterocycles. The van der Waals surface area contributed by atoms with Crippen molar-refractivity contribution in [1.29, 1.82) is 0 Å². The van der Waals surface area contributed by atoms with Crippen LogP contribution in [0.5, 0.6) is 0 Å². The molecule has 49 heavy (non-hydrogen) atoms. The van der Waals surface area contributed by atoms with Crippen molar-refractivity contribution in [3.8, 4) is 51.0 Å². The molecule has 6 heteroatoms. The zero-order valence-electron chi connectivity index (χ0n) is 27.3. The summed E-state index contributed by atoms with van der Waals surface area (Å²) >= 11 is 0. The van der Waals surface area contributed by atoms with Crippen molar-refractivity contribution in [2.45, 2.75) is 26.2 Å². The largest absolute Gasteiger partial charge is 0.308 e. The van der Waals surface area contributed by atoms with Gasteiger partial charge in [0.25, 0.3) is 0 Å². The Hall–Kier alpha value is -6.01. The third-order valence-corrected chi connectivity index (χ3v) is 8.97. The molecule has 0 amide bonds. The lowest BCUT2D eigenvalue weighted by Gasteiger charge is -2.20. The van der Waals surface area contributed by atoms with Gasteiger partial charge in [-0.05, 0) is 58.5 Å². The van der Waals surface area contributed by atoms with Gasteiger partial charge in [0.05, 0.1) is 16.7 Å². The number of aromatic nitrogens is 4. The van der Waals surface area contributed by atoms with Crippen molar-refractivity contribution in [2.75, 3.05) is 0 Å². The molecule has 0 aliphatic carbocycles. The summed E-state index contributed by atoms with van der Waals surface area (Å²) in [5.74, 6) is -0.177.